The normalized spacial score (nSPS) is 13.8. The minimum Gasteiger partial charge on any atom is -0.368 e. The average Bonchev–Trinajstić information content (AvgIpc) is 3.20. The summed E-state index contributed by atoms with van der Waals surface area (Å²) < 4.78 is 0. The fourth-order valence-corrected chi connectivity index (χ4v) is 4.22. The van der Waals surface area contributed by atoms with Crippen LogP contribution in [0.5, 0.6) is 0 Å². The van der Waals surface area contributed by atoms with E-state index in [0.717, 1.165) is 13.1 Å². The Labute approximate surface area is 183 Å². The SMILES string of the molecule is Cc1cccc(N2CCN(C(=O)Cc3csc(NC(=O)c4ccc[nH]c4=O)n3)CC2)c1. The summed E-state index contributed by atoms with van der Waals surface area (Å²) in [6.45, 7) is 4.98. The van der Waals surface area contributed by atoms with E-state index in [2.05, 4.69) is 51.4 Å². The molecule has 0 saturated carbocycles. The van der Waals surface area contributed by atoms with Crippen LogP contribution in [-0.2, 0) is 11.2 Å². The molecule has 2 N–H and O–H groups in total. The van der Waals surface area contributed by atoms with Gasteiger partial charge in [-0.3, -0.25) is 19.7 Å². The smallest absolute Gasteiger partial charge is 0.263 e. The highest BCUT2D eigenvalue weighted by Gasteiger charge is 2.22. The molecule has 9 heteroatoms. The fraction of sp³-hybridized carbons (Fsp3) is 0.273. The predicted octanol–water partition coefficient (Wildman–Crippen LogP) is 2.28. The second-order valence-electron chi connectivity index (χ2n) is 7.39. The number of H-pyrrole nitrogens is 1. The number of hydrogen-bond donors (Lipinski definition) is 2. The molecule has 0 unspecified atom stereocenters. The van der Waals surface area contributed by atoms with E-state index in [4.69, 9.17) is 0 Å². The van der Waals surface area contributed by atoms with Crippen LogP contribution >= 0.6 is 11.3 Å². The van der Waals surface area contributed by atoms with E-state index in [-0.39, 0.29) is 17.9 Å². The van der Waals surface area contributed by atoms with Crippen molar-refractivity contribution in [1.29, 1.82) is 0 Å². The van der Waals surface area contributed by atoms with Gasteiger partial charge in [-0.1, -0.05) is 12.1 Å². The van der Waals surface area contributed by atoms with E-state index in [1.54, 1.807) is 11.4 Å². The summed E-state index contributed by atoms with van der Waals surface area (Å²) in [4.78, 5) is 47.6. The van der Waals surface area contributed by atoms with Crippen LogP contribution in [0.3, 0.4) is 0 Å². The molecule has 31 heavy (non-hydrogen) atoms. The standard InChI is InChI=1S/C22H23N5O3S/c1-15-4-2-5-17(12-15)26-8-10-27(11-9-26)19(28)13-16-14-31-22(24-16)25-21(30)18-6-3-7-23-20(18)29/h2-7,12,14H,8-11,13H2,1H3,(H,23,29)(H,24,25,30). The van der Waals surface area contributed by atoms with Crippen molar-refractivity contribution in [3.05, 3.63) is 75.1 Å². The summed E-state index contributed by atoms with van der Waals surface area (Å²) in [6.07, 6.45) is 1.65. The van der Waals surface area contributed by atoms with Crippen molar-refractivity contribution in [2.75, 3.05) is 36.4 Å². The van der Waals surface area contributed by atoms with Crippen molar-refractivity contribution in [1.82, 2.24) is 14.9 Å². The molecule has 1 aliphatic rings. The maximum Gasteiger partial charge on any atom is 0.263 e. The van der Waals surface area contributed by atoms with E-state index >= 15 is 0 Å². The molecule has 1 saturated heterocycles. The predicted molar refractivity (Wildman–Crippen MR) is 121 cm³/mol. The van der Waals surface area contributed by atoms with E-state index in [0.29, 0.717) is 23.9 Å². The summed E-state index contributed by atoms with van der Waals surface area (Å²) >= 11 is 1.23. The highest BCUT2D eigenvalue weighted by molar-refractivity contribution is 7.14. The van der Waals surface area contributed by atoms with Crippen LogP contribution in [-0.4, -0.2) is 52.9 Å². The summed E-state index contributed by atoms with van der Waals surface area (Å²) in [5.74, 6) is -0.507. The molecule has 4 rings (SSSR count). The third kappa shape index (κ3) is 5.00. The second-order valence-corrected chi connectivity index (χ2v) is 8.25. The van der Waals surface area contributed by atoms with Crippen LogP contribution < -0.4 is 15.8 Å². The number of aromatic nitrogens is 2. The lowest BCUT2D eigenvalue weighted by Crippen LogP contribution is -2.49. The Bertz CT molecular complexity index is 1150. The topological polar surface area (TPSA) is 98.4 Å². The monoisotopic (exact) mass is 437 g/mol. The number of aryl methyl sites for hydroxylation is 1. The van der Waals surface area contributed by atoms with Crippen molar-refractivity contribution in [3.63, 3.8) is 0 Å². The number of nitrogens with zero attached hydrogens (tertiary/aromatic N) is 3. The molecule has 0 spiro atoms. The lowest BCUT2D eigenvalue weighted by molar-refractivity contribution is -0.130. The number of hydrogen-bond acceptors (Lipinski definition) is 6. The van der Waals surface area contributed by atoms with Crippen LogP contribution in [0.4, 0.5) is 10.8 Å². The van der Waals surface area contributed by atoms with Crippen LogP contribution in [0.1, 0.15) is 21.6 Å². The Morgan fingerprint density at radius 2 is 1.97 bits per heavy atom. The Morgan fingerprint density at radius 1 is 1.16 bits per heavy atom. The number of carbonyl (C=O) groups is 2. The number of pyridine rings is 1. The molecule has 2 amide bonds. The lowest BCUT2D eigenvalue weighted by atomic mass is 10.2. The maximum absolute atomic E-state index is 12.7. The van der Waals surface area contributed by atoms with Gasteiger partial charge in [0.1, 0.15) is 5.56 Å². The Hall–Kier alpha value is -3.46. The molecular weight excluding hydrogens is 414 g/mol. The minimum atomic E-state index is -0.527. The molecule has 3 aromatic rings. The van der Waals surface area contributed by atoms with Gasteiger partial charge in [-0.05, 0) is 36.8 Å². The average molecular weight is 438 g/mol. The quantitative estimate of drug-likeness (QED) is 0.638. The summed E-state index contributed by atoms with van der Waals surface area (Å²) in [7, 11) is 0. The fourth-order valence-electron chi connectivity index (χ4n) is 3.52. The number of piperazine rings is 1. The third-order valence-electron chi connectivity index (χ3n) is 5.17. The van der Waals surface area contributed by atoms with Crippen molar-refractivity contribution < 1.29 is 9.59 Å². The number of anilines is 2. The first-order valence-electron chi connectivity index (χ1n) is 10.0. The van der Waals surface area contributed by atoms with E-state index < -0.39 is 11.5 Å². The number of amides is 2. The zero-order valence-corrected chi connectivity index (χ0v) is 17.9. The first kappa shape index (κ1) is 20.8. The summed E-state index contributed by atoms with van der Waals surface area (Å²) in [5.41, 5.74) is 2.57. The van der Waals surface area contributed by atoms with Crippen LogP contribution in [0.15, 0.2) is 52.8 Å². The zero-order chi connectivity index (χ0) is 21.8. The van der Waals surface area contributed by atoms with Crippen molar-refractivity contribution >= 4 is 34.0 Å². The van der Waals surface area contributed by atoms with Gasteiger partial charge in [0.15, 0.2) is 5.13 Å². The number of nitrogens with one attached hydrogen (secondary N) is 2. The third-order valence-corrected chi connectivity index (χ3v) is 5.97. The van der Waals surface area contributed by atoms with Gasteiger partial charge in [-0.2, -0.15) is 0 Å². The van der Waals surface area contributed by atoms with E-state index in [1.807, 2.05) is 4.90 Å². The molecule has 0 aliphatic carbocycles. The molecule has 160 valence electrons. The molecule has 1 fully saturated rings. The van der Waals surface area contributed by atoms with Gasteiger partial charge >= 0.3 is 0 Å². The van der Waals surface area contributed by atoms with Crippen molar-refractivity contribution in [3.8, 4) is 0 Å². The number of carbonyl (C=O) groups excluding carboxylic acids is 2. The maximum atomic E-state index is 12.7. The van der Waals surface area contributed by atoms with Crippen LogP contribution in [0.2, 0.25) is 0 Å². The van der Waals surface area contributed by atoms with Crippen molar-refractivity contribution in [2.24, 2.45) is 0 Å². The minimum absolute atomic E-state index is 0.0156. The van der Waals surface area contributed by atoms with Gasteiger partial charge in [0.25, 0.3) is 11.5 Å². The van der Waals surface area contributed by atoms with Gasteiger partial charge in [0.05, 0.1) is 12.1 Å². The lowest BCUT2D eigenvalue weighted by Gasteiger charge is -2.36. The van der Waals surface area contributed by atoms with E-state index in [1.165, 1.54) is 34.9 Å². The summed E-state index contributed by atoms with van der Waals surface area (Å²) in [5, 5.41) is 4.73. The number of rotatable bonds is 5. The van der Waals surface area contributed by atoms with Crippen LogP contribution in [0, 0.1) is 6.92 Å². The first-order valence-corrected chi connectivity index (χ1v) is 10.9. The highest BCUT2D eigenvalue weighted by Crippen LogP contribution is 2.20. The number of thiazole rings is 1. The molecule has 2 aromatic heterocycles. The number of aromatic amines is 1. The molecule has 0 bridgehead atoms. The Morgan fingerprint density at radius 3 is 2.71 bits per heavy atom. The first-order chi connectivity index (χ1) is 15.0. The van der Waals surface area contributed by atoms with E-state index in [9.17, 15) is 14.4 Å². The van der Waals surface area contributed by atoms with Gasteiger partial charge in [-0.15, -0.1) is 11.3 Å². The highest BCUT2D eigenvalue weighted by atomic mass is 32.1. The molecule has 1 aliphatic heterocycles. The van der Waals surface area contributed by atoms with Gasteiger partial charge in [-0.25, -0.2) is 4.98 Å². The van der Waals surface area contributed by atoms with Gasteiger partial charge in [0, 0.05) is 43.4 Å². The largest absolute Gasteiger partial charge is 0.368 e. The molecular formula is C22H23N5O3S. The molecule has 8 nitrogen and oxygen atoms in total. The van der Waals surface area contributed by atoms with Crippen molar-refractivity contribution in [2.45, 2.75) is 13.3 Å². The van der Waals surface area contributed by atoms with Gasteiger partial charge in [0.2, 0.25) is 5.91 Å². The molecule has 1 aromatic carbocycles. The molecule has 0 radical (unpaired) electrons. The molecule has 3 heterocycles. The zero-order valence-electron chi connectivity index (χ0n) is 17.1. The second kappa shape index (κ2) is 9.13. The Balaban J connectivity index is 1.31. The summed E-state index contributed by atoms with van der Waals surface area (Å²) in [6, 6.07) is 11.4. The molecule has 0 atom stereocenters. The Kier molecular flexibility index (Phi) is 6.13. The van der Waals surface area contributed by atoms with Gasteiger partial charge < -0.3 is 14.8 Å². The number of benzene rings is 1. The van der Waals surface area contributed by atoms with Crippen LogP contribution in [0.25, 0.3) is 0 Å².